The molecule has 0 spiro atoms. The van der Waals surface area contributed by atoms with E-state index in [2.05, 4.69) is 9.50 Å². The Morgan fingerprint density at radius 1 is 1.18 bits per heavy atom. The molecular weight excluding hydrogens is 462 g/mol. The van der Waals surface area contributed by atoms with E-state index in [1.165, 1.54) is 0 Å². The molecule has 0 saturated carbocycles. The third-order valence-corrected chi connectivity index (χ3v) is 5.29. The van der Waals surface area contributed by atoms with Gasteiger partial charge in [-0.05, 0) is 39.2 Å². The normalized spacial score (nSPS) is 19.6. The van der Waals surface area contributed by atoms with Crippen molar-refractivity contribution < 1.29 is 40.4 Å². The molecule has 2 atom stereocenters. The Morgan fingerprint density at radius 2 is 1.82 bits per heavy atom. The molecule has 1 aliphatic rings. The fourth-order valence-electron chi connectivity index (χ4n) is 3.32. The largest absolute Gasteiger partial charge is 0.445 e. The van der Waals surface area contributed by atoms with Gasteiger partial charge in [0.1, 0.15) is 25.0 Å². The quantitative estimate of drug-likeness (QED) is 0.580. The van der Waals surface area contributed by atoms with E-state index in [0.29, 0.717) is 11.8 Å². The first kappa shape index (κ1) is 26.8. The molecule has 12 heteroatoms. The standard InChI is InChI=1S/C21H30F2N2O7S/c1-20(2,3)32-19(27)25-12-8-11-16(21(22,23)14-31-33(4,28)29)17(25)24-18(26)30-13-15-9-6-5-7-10-15/h5-7,9-10,16-17H,8,11-14H2,1-4H3,(H,24,26). The highest BCUT2D eigenvalue weighted by Crippen LogP contribution is 2.37. The highest BCUT2D eigenvalue weighted by atomic mass is 32.2. The second-order valence-corrected chi connectivity index (χ2v) is 10.4. The number of rotatable bonds is 7. The number of likely N-dealkylation sites (tertiary alicyclic amines) is 1. The molecule has 0 radical (unpaired) electrons. The number of halogens is 2. The van der Waals surface area contributed by atoms with Crippen molar-refractivity contribution in [3.8, 4) is 0 Å². The van der Waals surface area contributed by atoms with Gasteiger partial charge in [0.2, 0.25) is 0 Å². The SMILES string of the molecule is CC(C)(C)OC(=O)N1CCCC(C(F)(F)COS(C)(=O)=O)C1NC(=O)OCc1ccccc1. The van der Waals surface area contributed by atoms with Crippen molar-refractivity contribution in [2.24, 2.45) is 5.92 Å². The Balaban J connectivity index is 2.22. The third kappa shape index (κ3) is 8.77. The topological polar surface area (TPSA) is 111 Å². The number of ether oxygens (including phenoxy) is 2. The van der Waals surface area contributed by atoms with E-state index in [1.807, 2.05) is 0 Å². The van der Waals surface area contributed by atoms with Crippen LogP contribution in [-0.4, -0.2) is 62.6 Å². The number of carbonyl (C=O) groups is 2. The van der Waals surface area contributed by atoms with Crippen molar-refractivity contribution in [3.63, 3.8) is 0 Å². The van der Waals surface area contributed by atoms with Gasteiger partial charge in [0.25, 0.3) is 16.0 Å². The lowest BCUT2D eigenvalue weighted by atomic mass is 9.88. The van der Waals surface area contributed by atoms with Crippen LogP contribution in [0.2, 0.25) is 0 Å². The summed E-state index contributed by atoms with van der Waals surface area (Å²) in [6.45, 7) is 3.39. The van der Waals surface area contributed by atoms with Crippen molar-refractivity contribution in [2.75, 3.05) is 19.4 Å². The number of piperidine rings is 1. The molecule has 9 nitrogen and oxygen atoms in total. The summed E-state index contributed by atoms with van der Waals surface area (Å²) in [7, 11) is -4.13. The van der Waals surface area contributed by atoms with Crippen LogP contribution in [0, 0.1) is 5.92 Å². The third-order valence-electron chi connectivity index (χ3n) is 4.75. The van der Waals surface area contributed by atoms with Crippen LogP contribution < -0.4 is 5.32 Å². The van der Waals surface area contributed by atoms with E-state index < -0.39 is 52.5 Å². The summed E-state index contributed by atoms with van der Waals surface area (Å²) in [5.74, 6) is -5.31. The fraction of sp³-hybridized carbons (Fsp3) is 0.619. The molecule has 2 unspecified atom stereocenters. The summed E-state index contributed by atoms with van der Waals surface area (Å²) in [6, 6.07) is 8.73. The lowest BCUT2D eigenvalue weighted by Gasteiger charge is -2.43. The number of benzene rings is 1. The van der Waals surface area contributed by atoms with Gasteiger partial charge >= 0.3 is 12.2 Å². The van der Waals surface area contributed by atoms with Crippen molar-refractivity contribution in [1.82, 2.24) is 10.2 Å². The van der Waals surface area contributed by atoms with Crippen molar-refractivity contribution in [3.05, 3.63) is 35.9 Å². The molecule has 1 N–H and O–H groups in total. The molecule has 1 fully saturated rings. The van der Waals surface area contributed by atoms with E-state index in [9.17, 15) is 18.0 Å². The van der Waals surface area contributed by atoms with Crippen LogP contribution in [0.25, 0.3) is 0 Å². The summed E-state index contributed by atoms with van der Waals surface area (Å²) < 4.78 is 67.3. The molecule has 1 aromatic carbocycles. The van der Waals surface area contributed by atoms with Crippen LogP contribution >= 0.6 is 0 Å². The van der Waals surface area contributed by atoms with Gasteiger partial charge in [-0.3, -0.25) is 9.08 Å². The number of nitrogens with one attached hydrogen (secondary N) is 1. The van der Waals surface area contributed by atoms with Gasteiger partial charge in [0.15, 0.2) is 0 Å². The first-order valence-electron chi connectivity index (χ1n) is 10.4. The second kappa shape index (κ2) is 10.6. The van der Waals surface area contributed by atoms with Crippen LogP contribution in [0.4, 0.5) is 18.4 Å². The number of nitrogens with zero attached hydrogens (tertiary/aromatic N) is 1. The minimum absolute atomic E-state index is 0.0536. The van der Waals surface area contributed by atoms with Crippen molar-refractivity contribution in [1.29, 1.82) is 0 Å². The van der Waals surface area contributed by atoms with Crippen LogP contribution in [-0.2, 0) is 30.4 Å². The van der Waals surface area contributed by atoms with Crippen LogP contribution in [0.1, 0.15) is 39.2 Å². The Labute approximate surface area is 192 Å². The van der Waals surface area contributed by atoms with Gasteiger partial charge in [0.05, 0.1) is 12.2 Å². The molecule has 33 heavy (non-hydrogen) atoms. The molecule has 186 valence electrons. The van der Waals surface area contributed by atoms with E-state index in [4.69, 9.17) is 9.47 Å². The van der Waals surface area contributed by atoms with E-state index in [-0.39, 0.29) is 26.0 Å². The molecule has 0 aromatic heterocycles. The lowest BCUT2D eigenvalue weighted by molar-refractivity contribution is -0.131. The first-order chi connectivity index (χ1) is 15.2. The monoisotopic (exact) mass is 492 g/mol. The molecule has 1 aliphatic heterocycles. The van der Waals surface area contributed by atoms with Gasteiger partial charge in [-0.25, -0.2) is 18.4 Å². The zero-order chi connectivity index (χ0) is 24.9. The van der Waals surface area contributed by atoms with Gasteiger partial charge in [-0.15, -0.1) is 0 Å². The van der Waals surface area contributed by atoms with E-state index in [0.717, 1.165) is 4.90 Å². The maximum atomic E-state index is 15.0. The summed E-state index contributed by atoms with van der Waals surface area (Å²) >= 11 is 0. The van der Waals surface area contributed by atoms with Crippen LogP contribution in [0.3, 0.4) is 0 Å². The van der Waals surface area contributed by atoms with Crippen molar-refractivity contribution >= 4 is 22.3 Å². The van der Waals surface area contributed by atoms with Gasteiger partial charge in [-0.1, -0.05) is 30.3 Å². The summed E-state index contributed by atoms with van der Waals surface area (Å²) in [5, 5.41) is 2.34. The number of carbonyl (C=O) groups excluding carboxylic acids is 2. The number of alkyl halides is 2. The number of amides is 2. The van der Waals surface area contributed by atoms with Crippen molar-refractivity contribution in [2.45, 2.75) is 57.9 Å². The van der Waals surface area contributed by atoms with E-state index >= 15 is 8.78 Å². The molecule has 1 heterocycles. The first-order valence-corrected chi connectivity index (χ1v) is 12.2. The maximum Gasteiger partial charge on any atom is 0.411 e. The maximum absolute atomic E-state index is 15.0. The predicted octanol–water partition coefficient (Wildman–Crippen LogP) is 3.50. The molecule has 2 amide bonds. The van der Waals surface area contributed by atoms with Crippen LogP contribution in [0.15, 0.2) is 30.3 Å². The average Bonchev–Trinajstić information content (AvgIpc) is 2.70. The highest BCUT2D eigenvalue weighted by Gasteiger charge is 2.51. The summed E-state index contributed by atoms with van der Waals surface area (Å²) in [4.78, 5) is 26.2. The highest BCUT2D eigenvalue weighted by molar-refractivity contribution is 7.85. The number of hydrogen-bond donors (Lipinski definition) is 1. The van der Waals surface area contributed by atoms with Crippen LogP contribution in [0.5, 0.6) is 0 Å². The smallest absolute Gasteiger partial charge is 0.411 e. The summed E-state index contributed by atoms with van der Waals surface area (Å²) in [6.07, 6.45) is -2.65. The molecular formula is C21H30F2N2O7S. The molecule has 1 saturated heterocycles. The average molecular weight is 493 g/mol. The Bertz CT molecular complexity index is 920. The molecule has 0 bridgehead atoms. The minimum Gasteiger partial charge on any atom is -0.445 e. The minimum atomic E-state index is -4.13. The predicted molar refractivity (Wildman–Crippen MR) is 115 cm³/mol. The zero-order valence-corrected chi connectivity index (χ0v) is 19.9. The molecule has 2 rings (SSSR count). The van der Waals surface area contributed by atoms with Gasteiger partial charge in [0, 0.05) is 6.54 Å². The summed E-state index contributed by atoms with van der Waals surface area (Å²) in [5.41, 5.74) is -0.214. The second-order valence-electron chi connectivity index (χ2n) is 8.80. The molecule has 1 aromatic rings. The Hall–Kier alpha value is -2.47. The Morgan fingerprint density at radius 3 is 2.39 bits per heavy atom. The number of alkyl carbamates (subject to hydrolysis) is 1. The van der Waals surface area contributed by atoms with E-state index in [1.54, 1.807) is 51.1 Å². The fourth-order valence-corrected chi connectivity index (χ4v) is 3.69. The zero-order valence-electron chi connectivity index (χ0n) is 19.0. The van der Waals surface area contributed by atoms with Gasteiger partial charge < -0.3 is 14.8 Å². The molecule has 0 aliphatic carbocycles. The number of hydrogen-bond acceptors (Lipinski definition) is 7. The lowest BCUT2D eigenvalue weighted by Crippen LogP contribution is -2.62. The Kier molecular flexibility index (Phi) is 8.63. The van der Waals surface area contributed by atoms with Gasteiger partial charge in [-0.2, -0.15) is 8.42 Å².